The molecule has 0 amide bonds. The van der Waals surface area contributed by atoms with Crippen LogP contribution in [0.1, 0.15) is 18.6 Å². The van der Waals surface area contributed by atoms with E-state index in [4.69, 9.17) is 9.47 Å². The van der Waals surface area contributed by atoms with E-state index in [0.717, 1.165) is 21.1 Å². The van der Waals surface area contributed by atoms with Gasteiger partial charge in [0.1, 0.15) is 11.5 Å². The fourth-order valence-electron chi connectivity index (χ4n) is 1.97. The van der Waals surface area contributed by atoms with Gasteiger partial charge in [-0.2, -0.15) is 0 Å². The van der Waals surface area contributed by atoms with Crippen LogP contribution in [0.3, 0.4) is 0 Å². The third-order valence-electron chi connectivity index (χ3n) is 2.95. The van der Waals surface area contributed by atoms with Crippen molar-refractivity contribution in [1.82, 2.24) is 0 Å². The van der Waals surface area contributed by atoms with Gasteiger partial charge < -0.3 is 14.6 Å². The van der Waals surface area contributed by atoms with Gasteiger partial charge in [-0.25, -0.2) is 0 Å². The minimum Gasteiger partial charge on any atom is -0.497 e. The molecule has 0 fully saturated rings. The first-order valence-electron chi connectivity index (χ1n) is 6.32. The first-order chi connectivity index (χ1) is 9.65. The number of ether oxygens (including phenoxy) is 2. The van der Waals surface area contributed by atoms with E-state index in [1.165, 1.54) is 0 Å². The molecule has 0 bridgehead atoms. The molecule has 0 aliphatic carbocycles. The average Bonchev–Trinajstić information content (AvgIpc) is 2.47. The zero-order valence-corrected chi connectivity index (χ0v) is 12.6. The van der Waals surface area contributed by atoms with E-state index >= 15 is 0 Å². The predicted molar refractivity (Wildman–Crippen MR) is 80.7 cm³/mol. The molecule has 20 heavy (non-hydrogen) atoms. The molecule has 1 unspecified atom stereocenters. The lowest BCUT2D eigenvalue weighted by Gasteiger charge is -2.15. The molecule has 0 heterocycles. The standard InChI is InChI=1S/C16H18O3S/c1-11(17)16-14(19-3)5-4-6-15(16)20-13-9-7-12(18-2)8-10-13/h4-11,17H,1-3H3. The molecule has 0 aliphatic rings. The highest BCUT2D eigenvalue weighted by Gasteiger charge is 2.14. The van der Waals surface area contributed by atoms with E-state index in [-0.39, 0.29) is 0 Å². The smallest absolute Gasteiger partial charge is 0.125 e. The van der Waals surface area contributed by atoms with Gasteiger partial charge in [0.15, 0.2) is 0 Å². The summed E-state index contributed by atoms with van der Waals surface area (Å²) in [5.74, 6) is 1.54. The highest BCUT2D eigenvalue weighted by atomic mass is 32.2. The van der Waals surface area contributed by atoms with Crippen LogP contribution >= 0.6 is 11.8 Å². The zero-order chi connectivity index (χ0) is 14.5. The fraction of sp³-hybridized carbons (Fsp3) is 0.250. The minimum absolute atomic E-state index is 0.577. The highest BCUT2D eigenvalue weighted by molar-refractivity contribution is 7.99. The molecule has 2 aromatic rings. The van der Waals surface area contributed by atoms with Crippen molar-refractivity contribution >= 4 is 11.8 Å². The number of hydrogen-bond acceptors (Lipinski definition) is 4. The maximum Gasteiger partial charge on any atom is 0.125 e. The van der Waals surface area contributed by atoms with Crippen molar-refractivity contribution in [3.05, 3.63) is 48.0 Å². The Labute approximate surface area is 123 Å². The second-order valence-corrected chi connectivity index (χ2v) is 5.44. The summed E-state index contributed by atoms with van der Waals surface area (Å²) < 4.78 is 10.5. The maximum atomic E-state index is 9.96. The molecule has 0 saturated heterocycles. The average molecular weight is 290 g/mol. The van der Waals surface area contributed by atoms with Crippen LogP contribution in [0.4, 0.5) is 0 Å². The van der Waals surface area contributed by atoms with Crippen LogP contribution in [0.5, 0.6) is 11.5 Å². The number of methoxy groups -OCH3 is 2. The summed E-state index contributed by atoms with van der Waals surface area (Å²) >= 11 is 1.60. The van der Waals surface area contributed by atoms with Crippen LogP contribution < -0.4 is 9.47 Å². The molecule has 0 aliphatic heterocycles. The summed E-state index contributed by atoms with van der Waals surface area (Å²) in [6, 6.07) is 13.6. The van der Waals surface area contributed by atoms with Gasteiger partial charge >= 0.3 is 0 Å². The monoisotopic (exact) mass is 290 g/mol. The quantitative estimate of drug-likeness (QED) is 0.906. The summed E-state index contributed by atoms with van der Waals surface area (Å²) in [5, 5.41) is 9.96. The Kier molecular flexibility index (Phi) is 4.93. The van der Waals surface area contributed by atoms with Gasteiger partial charge in [0.05, 0.1) is 20.3 Å². The van der Waals surface area contributed by atoms with E-state index in [0.29, 0.717) is 5.75 Å². The molecule has 0 radical (unpaired) electrons. The maximum absolute atomic E-state index is 9.96. The normalized spacial score (nSPS) is 12.0. The van der Waals surface area contributed by atoms with Crippen LogP contribution in [0.2, 0.25) is 0 Å². The molecule has 2 aromatic carbocycles. The summed E-state index contributed by atoms with van der Waals surface area (Å²) in [4.78, 5) is 2.07. The van der Waals surface area contributed by atoms with Crippen molar-refractivity contribution in [2.75, 3.05) is 14.2 Å². The Balaban J connectivity index is 2.32. The first kappa shape index (κ1) is 14.8. The Hall–Kier alpha value is -1.65. The van der Waals surface area contributed by atoms with Crippen LogP contribution in [0.25, 0.3) is 0 Å². The molecular weight excluding hydrogens is 272 g/mol. The van der Waals surface area contributed by atoms with Gasteiger partial charge in [0.2, 0.25) is 0 Å². The topological polar surface area (TPSA) is 38.7 Å². The molecule has 4 heteroatoms. The third-order valence-corrected chi connectivity index (χ3v) is 4.03. The van der Waals surface area contributed by atoms with Crippen molar-refractivity contribution in [3.63, 3.8) is 0 Å². The largest absolute Gasteiger partial charge is 0.497 e. The summed E-state index contributed by atoms with van der Waals surface area (Å²) in [6.07, 6.45) is -0.577. The number of rotatable bonds is 5. The van der Waals surface area contributed by atoms with E-state index in [1.54, 1.807) is 32.9 Å². The van der Waals surface area contributed by atoms with Crippen LogP contribution in [0.15, 0.2) is 52.3 Å². The lowest BCUT2D eigenvalue weighted by atomic mass is 10.1. The van der Waals surface area contributed by atoms with E-state index in [1.807, 2.05) is 42.5 Å². The number of aliphatic hydroxyl groups is 1. The number of benzene rings is 2. The SMILES string of the molecule is COc1ccc(Sc2cccc(OC)c2C(C)O)cc1. The van der Waals surface area contributed by atoms with E-state index in [9.17, 15) is 5.11 Å². The summed E-state index contributed by atoms with van der Waals surface area (Å²) in [6.45, 7) is 1.75. The van der Waals surface area contributed by atoms with Crippen molar-refractivity contribution < 1.29 is 14.6 Å². The van der Waals surface area contributed by atoms with Crippen molar-refractivity contribution in [2.45, 2.75) is 22.8 Å². The second-order valence-electron chi connectivity index (χ2n) is 4.33. The highest BCUT2D eigenvalue weighted by Crippen LogP contribution is 2.38. The minimum atomic E-state index is -0.577. The summed E-state index contributed by atoms with van der Waals surface area (Å²) in [5.41, 5.74) is 0.816. The molecule has 0 spiro atoms. The van der Waals surface area contributed by atoms with Gasteiger partial charge in [-0.3, -0.25) is 0 Å². The molecule has 106 valence electrons. The molecule has 1 atom stereocenters. The van der Waals surface area contributed by atoms with Crippen LogP contribution in [-0.2, 0) is 0 Å². The van der Waals surface area contributed by atoms with Crippen molar-refractivity contribution in [2.24, 2.45) is 0 Å². The zero-order valence-electron chi connectivity index (χ0n) is 11.8. The van der Waals surface area contributed by atoms with Crippen molar-refractivity contribution in [3.8, 4) is 11.5 Å². The van der Waals surface area contributed by atoms with Crippen molar-refractivity contribution in [1.29, 1.82) is 0 Å². The van der Waals surface area contributed by atoms with Gasteiger partial charge in [-0.1, -0.05) is 17.8 Å². The fourth-order valence-corrected chi connectivity index (χ4v) is 3.03. The van der Waals surface area contributed by atoms with Gasteiger partial charge in [0.25, 0.3) is 0 Å². The Morgan fingerprint density at radius 1 is 1.00 bits per heavy atom. The van der Waals surface area contributed by atoms with Crippen LogP contribution in [-0.4, -0.2) is 19.3 Å². The van der Waals surface area contributed by atoms with E-state index in [2.05, 4.69) is 0 Å². The Morgan fingerprint density at radius 2 is 1.70 bits per heavy atom. The summed E-state index contributed by atoms with van der Waals surface area (Å²) in [7, 11) is 3.26. The molecule has 0 aromatic heterocycles. The molecule has 2 rings (SSSR count). The Bertz CT molecular complexity index is 564. The molecule has 1 N–H and O–H groups in total. The van der Waals surface area contributed by atoms with Gasteiger partial charge in [0, 0.05) is 15.4 Å². The lowest BCUT2D eigenvalue weighted by Crippen LogP contribution is -1.98. The molecule has 3 nitrogen and oxygen atoms in total. The van der Waals surface area contributed by atoms with Crippen LogP contribution in [0, 0.1) is 0 Å². The molecular formula is C16H18O3S. The predicted octanol–water partition coefficient (Wildman–Crippen LogP) is 3.91. The third kappa shape index (κ3) is 3.26. The van der Waals surface area contributed by atoms with Gasteiger partial charge in [-0.05, 0) is 43.3 Å². The van der Waals surface area contributed by atoms with E-state index < -0.39 is 6.10 Å². The Morgan fingerprint density at radius 3 is 2.25 bits per heavy atom. The lowest BCUT2D eigenvalue weighted by molar-refractivity contribution is 0.191. The van der Waals surface area contributed by atoms with Gasteiger partial charge in [-0.15, -0.1) is 0 Å². The first-order valence-corrected chi connectivity index (χ1v) is 7.14. The molecule has 0 saturated carbocycles. The second kappa shape index (κ2) is 6.68. The number of hydrogen-bond donors (Lipinski definition) is 1. The number of aliphatic hydroxyl groups excluding tert-OH is 1.